The monoisotopic (exact) mass is 250 g/mol. The number of rotatable bonds is 5. The molecule has 0 aliphatic heterocycles. The summed E-state index contributed by atoms with van der Waals surface area (Å²) in [5, 5.41) is 25.9. The number of aryl methyl sites for hydroxylation is 2. The van der Waals surface area contributed by atoms with Gasteiger partial charge in [0, 0.05) is 11.3 Å². The van der Waals surface area contributed by atoms with Gasteiger partial charge in [-0.3, -0.25) is 4.68 Å². The highest BCUT2D eigenvalue weighted by atomic mass is 16.3. The van der Waals surface area contributed by atoms with E-state index in [0.717, 1.165) is 29.8 Å². The molecule has 1 N–H and O–H groups in total. The van der Waals surface area contributed by atoms with Crippen LogP contribution < -0.4 is 0 Å². The number of hydrogen-bond donors (Lipinski definition) is 1. The van der Waals surface area contributed by atoms with E-state index < -0.39 is 0 Å². The van der Waals surface area contributed by atoms with Crippen molar-refractivity contribution in [3.05, 3.63) is 22.8 Å². The van der Waals surface area contributed by atoms with Gasteiger partial charge in [0.1, 0.15) is 6.54 Å². The fraction of sp³-hybridized carbons (Fsp3) is 0.636. The number of aliphatic hydroxyl groups is 1. The number of tetrazole rings is 1. The Kier molecular flexibility index (Phi) is 3.71. The Morgan fingerprint density at radius 3 is 2.44 bits per heavy atom. The smallest absolute Gasteiger partial charge is 0.196 e. The second-order valence-electron chi connectivity index (χ2n) is 4.09. The molecule has 0 spiro atoms. The molecule has 0 saturated carbocycles. The number of nitrogens with zero attached hydrogens (tertiary/aromatic N) is 6. The lowest BCUT2D eigenvalue weighted by Gasteiger charge is -2.03. The summed E-state index contributed by atoms with van der Waals surface area (Å²) in [6.45, 7) is 4.60. The minimum absolute atomic E-state index is 0.0280. The molecule has 2 aromatic rings. The van der Waals surface area contributed by atoms with Gasteiger partial charge in [-0.25, -0.2) is 0 Å². The number of aromatic nitrogens is 6. The Morgan fingerprint density at radius 2 is 1.94 bits per heavy atom. The van der Waals surface area contributed by atoms with Crippen LogP contribution in [0.4, 0.5) is 0 Å². The highest BCUT2D eigenvalue weighted by Crippen LogP contribution is 2.16. The van der Waals surface area contributed by atoms with Gasteiger partial charge >= 0.3 is 0 Å². The summed E-state index contributed by atoms with van der Waals surface area (Å²) < 4.78 is 1.86. The Labute approximate surface area is 105 Å². The fourth-order valence-corrected chi connectivity index (χ4v) is 2.10. The number of hydrogen-bond acceptors (Lipinski definition) is 5. The van der Waals surface area contributed by atoms with E-state index >= 15 is 0 Å². The van der Waals surface area contributed by atoms with Crippen molar-refractivity contribution in [2.45, 2.75) is 39.8 Å². The van der Waals surface area contributed by atoms with Crippen molar-refractivity contribution in [2.24, 2.45) is 7.05 Å². The lowest BCUT2D eigenvalue weighted by atomic mass is 10.1. The summed E-state index contributed by atoms with van der Waals surface area (Å²) in [7, 11) is 1.73. The first-order valence-electron chi connectivity index (χ1n) is 6.10. The van der Waals surface area contributed by atoms with Crippen LogP contribution in [-0.2, 0) is 33.0 Å². The van der Waals surface area contributed by atoms with Crippen LogP contribution in [-0.4, -0.2) is 35.1 Å². The summed E-state index contributed by atoms with van der Waals surface area (Å²) in [6.07, 6.45) is 1.63. The van der Waals surface area contributed by atoms with E-state index in [1.807, 2.05) is 11.6 Å². The van der Waals surface area contributed by atoms with Crippen LogP contribution in [0.25, 0.3) is 0 Å². The Bertz CT molecular complexity index is 530. The molecular weight excluding hydrogens is 232 g/mol. The molecule has 2 aromatic heterocycles. The number of aliphatic hydroxyl groups excluding tert-OH is 1. The van der Waals surface area contributed by atoms with E-state index in [1.165, 1.54) is 4.80 Å². The van der Waals surface area contributed by atoms with Crippen molar-refractivity contribution in [3.63, 3.8) is 0 Å². The minimum Gasteiger partial charge on any atom is -0.392 e. The highest BCUT2D eigenvalue weighted by molar-refractivity contribution is 5.26. The van der Waals surface area contributed by atoms with Crippen LogP contribution in [0.1, 0.15) is 36.6 Å². The average Bonchev–Trinajstić information content (AvgIpc) is 2.92. The van der Waals surface area contributed by atoms with Gasteiger partial charge in [0.15, 0.2) is 5.82 Å². The van der Waals surface area contributed by atoms with Crippen molar-refractivity contribution in [1.82, 2.24) is 30.0 Å². The predicted molar refractivity (Wildman–Crippen MR) is 64.8 cm³/mol. The standard InChI is InChI=1S/C11H18N6O/c1-4-9-8(7-18)10(5-2)17(13-9)6-11-12-15-16(3)14-11/h18H,4-7H2,1-3H3. The van der Waals surface area contributed by atoms with Gasteiger partial charge in [-0.05, 0) is 18.1 Å². The average molecular weight is 250 g/mol. The van der Waals surface area contributed by atoms with Gasteiger partial charge < -0.3 is 5.11 Å². The van der Waals surface area contributed by atoms with Crippen LogP contribution in [0.5, 0.6) is 0 Å². The zero-order valence-corrected chi connectivity index (χ0v) is 11.0. The van der Waals surface area contributed by atoms with Crippen LogP contribution in [0.15, 0.2) is 0 Å². The van der Waals surface area contributed by atoms with E-state index in [0.29, 0.717) is 12.4 Å². The summed E-state index contributed by atoms with van der Waals surface area (Å²) in [5.41, 5.74) is 2.92. The third-order valence-corrected chi connectivity index (χ3v) is 2.92. The lowest BCUT2D eigenvalue weighted by molar-refractivity contribution is 0.279. The maximum atomic E-state index is 9.44. The normalized spacial score (nSPS) is 11.1. The second-order valence-corrected chi connectivity index (χ2v) is 4.09. The topological polar surface area (TPSA) is 81.7 Å². The summed E-state index contributed by atoms with van der Waals surface area (Å²) in [4.78, 5) is 1.43. The molecular formula is C11H18N6O. The molecule has 98 valence electrons. The molecule has 0 aliphatic carbocycles. The van der Waals surface area contributed by atoms with Crippen LogP contribution in [0.2, 0.25) is 0 Å². The van der Waals surface area contributed by atoms with Crippen molar-refractivity contribution in [3.8, 4) is 0 Å². The molecule has 0 atom stereocenters. The van der Waals surface area contributed by atoms with Crippen molar-refractivity contribution < 1.29 is 5.11 Å². The van der Waals surface area contributed by atoms with Crippen molar-refractivity contribution >= 4 is 0 Å². The van der Waals surface area contributed by atoms with Gasteiger partial charge in [-0.1, -0.05) is 13.8 Å². The zero-order chi connectivity index (χ0) is 13.1. The molecule has 0 bridgehead atoms. The van der Waals surface area contributed by atoms with Gasteiger partial charge in [0.05, 0.1) is 19.3 Å². The summed E-state index contributed by atoms with van der Waals surface area (Å²) >= 11 is 0. The Balaban J connectivity index is 2.35. The molecule has 0 aliphatic rings. The Morgan fingerprint density at radius 1 is 1.17 bits per heavy atom. The van der Waals surface area contributed by atoms with Gasteiger partial charge in [0.25, 0.3) is 0 Å². The molecule has 2 rings (SSSR count). The van der Waals surface area contributed by atoms with Gasteiger partial charge in [0.2, 0.25) is 0 Å². The van der Waals surface area contributed by atoms with E-state index in [2.05, 4.69) is 27.4 Å². The molecule has 0 fully saturated rings. The molecule has 0 unspecified atom stereocenters. The Hall–Kier alpha value is -1.76. The van der Waals surface area contributed by atoms with E-state index in [4.69, 9.17) is 0 Å². The first kappa shape index (κ1) is 12.7. The largest absolute Gasteiger partial charge is 0.392 e. The minimum atomic E-state index is 0.0280. The third kappa shape index (κ3) is 2.26. The molecule has 0 saturated heterocycles. The maximum absolute atomic E-state index is 9.44. The zero-order valence-electron chi connectivity index (χ0n) is 11.0. The lowest BCUT2D eigenvalue weighted by Crippen LogP contribution is -2.08. The van der Waals surface area contributed by atoms with E-state index in [9.17, 15) is 5.11 Å². The highest BCUT2D eigenvalue weighted by Gasteiger charge is 2.15. The molecule has 18 heavy (non-hydrogen) atoms. The summed E-state index contributed by atoms with van der Waals surface area (Å²) in [6, 6.07) is 0. The SMILES string of the molecule is CCc1nn(Cc2nnn(C)n2)c(CC)c1CO. The first-order chi connectivity index (χ1) is 8.69. The molecule has 0 aromatic carbocycles. The molecule has 7 heteroatoms. The van der Waals surface area contributed by atoms with Crippen molar-refractivity contribution in [1.29, 1.82) is 0 Å². The van der Waals surface area contributed by atoms with Gasteiger partial charge in [-0.15, -0.1) is 10.2 Å². The maximum Gasteiger partial charge on any atom is 0.196 e. The molecule has 2 heterocycles. The summed E-state index contributed by atoms with van der Waals surface area (Å²) in [5.74, 6) is 0.627. The van der Waals surface area contributed by atoms with E-state index in [-0.39, 0.29) is 6.61 Å². The van der Waals surface area contributed by atoms with Crippen LogP contribution >= 0.6 is 0 Å². The fourth-order valence-electron chi connectivity index (χ4n) is 2.10. The first-order valence-corrected chi connectivity index (χ1v) is 6.10. The third-order valence-electron chi connectivity index (χ3n) is 2.92. The van der Waals surface area contributed by atoms with Crippen LogP contribution in [0, 0.1) is 0 Å². The van der Waals surface area contributed by atoms with Crippen molar-refractivity contribution in [2.75, 3.05) is 0 Å². The van der Waals surface area contributed by atoms with Gasteiger partial charge in [-0.2, -0.15) is 9.90 Å². The second kappa shape index (κ2) is 5.26. The van der Waals surface area contributed by atoms with Crippen LogP contribution in [0.3, 0.4) is 0 Å². The molecule has 0 amide bonds. The molecule has 7 nitrogen and oxygen atoms in total. The van der Waals surface area contributed by atoms with E-state index in [1.54, 1.807) is 7.05 Å². The quantitative estimate of drug-likeness (QED) is 0.812. The predicted octanol–water partition coefficient (Wildman–Crippen LogP) is 0.0720. The molecule has 0 radical (unpaired) electrons.